The summed E-state index contributed by atoms with van der Waals surface area (Å²) >= 11 is 2.00. The molecule has 0 bridgehead atoms. The molecule has 88 valence electrons. The minimum Gasteiger partial charge on any atom is -0.314 e. The lowest BCUT2D eigenvalue weighted by Crippen LogP contribution is -2.30. The van der Waals surface area contributed by atoms with E-state index in [1.54, 1.807) is 5.56 Å². The monoisotopic (exact) mass is 235 g/mol. The van der Waals surface area contributed by atoms with Gasteiger partial charge in [0.15, 0.2) is 0 Å². The van der Waals surface area contributed by atoms with Crippen molar-refractivity contribution in [1.82, 2.24) is 5.32 Å². The maximum Gasteiger partial charge on any atom is 0.0108 e. The third-order valence-electron chi connectivity index (χ3n) is 3.23. The summed E-state index contributed by atoms with van der Waals surface area (Å²) < 4.78 is 0. The van der Waals surface area contributed by atoms with E-state index in [4.69, 9.17) is 0 Å². The summed E-state index contributed by atoms with van der Waals surface area (Å²) in [5.74, 6) is 1.95. The van der Waals surface area contributed by atoms with E-state index in [1.165, 1.54) is 23.5 Å². The summed E-state index contributed by atoms with van der Waals surface area (Å²) in [5, 5.41) is 3.65. The normalized spacial score (nSPS) is 20.8. The van der Waals surface area contributed by atoms with Gasteiger partial charge < -0.3 is 5.32 Å². The first-order valence-electron chi connectivity index (χ1n) is 6.26. The van der Waals surface area contributed by atoms with Crippen molar-refractivity contribution in [1.29, 1.82) is 0 Å². The van der Waals surface area contributed by atoms with Gasteiger partial charge in [0.25, 0.3) is 0 Å². The van der Waals surface area contributed by atoms with Gasteiger partial charge in [-0.05, 0) is 25.0 Å². The highest BCUT2D eigenvalue weighted by Crippen LogP contribution is 2.38. The van der Waals surface area contributed by atoms with Crippen LogP contribution in [0, 0.1) is 0 Å². The van der Waals surface area contributed by atoms with E-state index in [9.17, 15) is 0 Å². The molecule has 2 heteroatoms. The Hall–Kier alpha value is -0.470. The van der Waals surface area contributed by atoms with Crippen LogP contribution in [0.4, 0.5) is 0 Å². The zero-order valence-electron chi connectivity index (χ0n) is 10.2. The van der Waals surface area contributed by atoms with Crippen LogP contribution in [0.25, 0.3) is 0 Å². The van der Waals surface area contributed by atoms with Crippen LogP contribution in [0.2, 0.25) is 0 Å². The van der Waals surface area contributed by atoms with Crippen LogP contribution in [0.3, 0.4) is 0 Å². The van der Waals surface area contributed by atoms with Crippen molar-refractivity contribution in [2.45, 2.75) is 43.5 Å². The van der Waals surface area contributed by atoms with Crippen LogP contribution < -0.4 is 5.32 Å². The number of hydrogen-bond donors (Lipinski definition) is 1. The fourth-order valence-electron chi connectivity index (χ4n) is 2.28. The van der Waals surface area contributed by atoms with Crippen LogP contribution in [0.15, 0.2) is 29.2 Å². The summed E-state index contributed by atoms with van der Waals surface area (Å²) in [6.45, 7) is 5.67. The number of fused-ring (bicyclic) bond motifs is 1. The Balaban J connectivity index is 1.88. The molecule has 0 saturated heterocycles. The zero-order chi connectivity index (χ0) is 11.4. The van der Waals surface area contributed by atoms with E-state index in [1.807, 2.05) is 11.8 Å². The van der Waals surface area contributed by atoms with E-state index in [2.05, 4.69) is 43.4 Å². The maximum atomic E-state index is 3.65. The van der Waals surface area contributed by atoms with E-state index >= 15 is 0 Å². The Morgan fingerprint density at radius 1 is 1.44 bits per heavy atom. The molecule has 0 aromatic heterocycles. The van der Waals surface area contributed by atoms with Gasteiger partial charge in [-0.3, -0.25) is 0 Å². The van der Waals surface area contributed by atoms with Crippen LogP contribution >= 0.6 is 11.8 Å². The Morgan fingerprint density at radius 3 is 3.06 bits per heavy atom. The van der Waals surface area contributed by atoms with Crippen molar-refractivity contribution in [3.8, 4) is 0 Å². The highest BCUT2D eigenvalue weighted by molar-refractivity contribution is 7.99. The first-order chi connectivity index (χ1) is 7.81. The minimum atomic E-state index is 0.655. The van der Waals surface area contributed by atoms with Crippen LogP contribution in [-0.4, -0.2) is 18.3 Å². The van der Waals surface area contributed by atoms with Crippen LogP contribution in [-0.2, 0) is 0 Å². The molecule has 1 nitrogen and oxygen atoms in total. The topological polar surface area (TPSA) is 12.0 Å². The van der Waals surface area contributed by atoms with Crippen molar-refractivity contribution in [2.75, 3.05) is 12.3 Å². The number of nitrogens with one attached hydrogen (secondary N) is 1. The summed E-state index contributed by atoms with van der Waals surface area (Å²) in [7, 11) is 0. The maximum absolute atomic E-state index is 3.65. The second kappa shape index (κ2) is 5.74. The predicted octanol–water partition coefficient (Wildman–Crippen LogP) is 3.65. The van der Waals surface area contributed by atoms with Gasteiger partial charge in [-0.15, -0.1) is 11.8 Å². The smallest absolute Gasteiger partial charge is 0.0108 e. The average Bonchev–Trinajstić information content (AvgIpc) is 2.70. The molecule has 2 atom stereocenters. The van der Waals surface area contributed by atoms with Gasteiger partial charge in [0, 0.05) is 29.2 Å². The second-order valence-corrected chi connectivity index (χ2v) is 5.71. The highest BCUT2D eigenvalue weighted by Gasteiger charge is 2.22. The van der Waals surface area contributed by atoms with Gasteiger partial charge in [0.1, 0.15) is 0 Å². The number of rotatable bonds is 5. The molecule has 0 fully saturated rings. The number of hydrogen-bond acceptors (Lipinski definition) is 2. The Morgan fingerprint density at radius 2 is 2.25 bits per heavy atom. The Labute approximate surface area is 103 Å². The number of benzene rings is 1. The van der Waals surface area contributed by atoms with Gasteiger partial charge in [-0.2, -0.15) is 0 Å². The van der Waals surface area contributed by atoms with Crippen molar-refractivity contribution >= 4 is 11.8 Å². The molecule has 1 aliphatic rings. The highest BCUT2D eigenvalue weighted by atomic mass is 32.2. The molecular formula is C14H21NS. The average molecular weight is 235 g/mol. The molecule has 2 rings (SSSR count). The largest absolute Gasteiger partial charge is 0.314 e. The number of thioether (sulfide) groups is 1. The Kier molecular flexibility index (Phi) is 4.30. The lowest BCUT2D eigenvalue weighted by Gasteiger charge is -2.17. The second-order valence-electron chi connectivity index (χ2n) is 4.64. The molecule has 0 amide bonds. The molecule has 0 saturated carbocycles. The molecule has 0 aliphatic carbocycles. The summed E-state index contributed by atoms with van der Waals surface area (Å²) in [5.41, 5.74) is 1.55. The third kappa shape index (κ3) is 2.80. The molecule has 1 aromatic rings. The predicted molar refractivity (Wildman–Crippen MR) is 72.3 cm³/mol. The van der Waals surface area contributed by atoms with Crippen molar-refractivity contribution in [3.63, 3.8) is 0 Å². The quantitative estimate of drug-likeness (QED) is 0.836. The zero-order valence-corrected chi connectivity index (χ0v) is 11.0. The summed E-state index contributed by atoms with van der Waals surface area (Å²) in [6.07, 6.45) is 2.55. The van der Waals surface area contributed by atoms with Crippen molar-refractivity contribution < 1.29 is 0 Å². The molecular weight excluding hydrogens is 214 g/mol. The van der Waals surface area contributed by atoms with E-state index in [-0.39, 0.29) is 0 Å². The molecule has 1 aliphatic heterocycles. The molecule has 1 aromatic carbocycles. The molecule has 16 heavy (non-hydrogen) atoms. The first kappa shape index (κ1) is 12.0. The molecule has 0 spiro atoms. The van der Waals surface area contributed by atoms with E-state index in [0.717, 1.165) is 6.54 Å². The SMILES string of the molecule is CCCC(C)NCC1CSc2ccccc21. The lowest BCUT2D eigenvalue weighted by atomic mass is 10.0. The van der Waals surface area contributed by atoms with Gasteiger partial charge >= 0.3 is 0 Å². The Bertz CT molecular complexity index is 337. The standard InChI is InChI=1S/C14H21NS/c1-3-6-11(2)15-9-12-10-16-14-8-5-4-7-13(12)14/h4-5,7-8,11-12,15H,3,6,9-10H2,1-2H3. The summed E-state index contributed by atoms with van der Waals surface area (Å²) in [4.78, 5) is 1.48. The minimum absolute atomic E-state index is 0.655. The van der Waals surface area contributed by atoms with Gasteiger partial charge in [0.2, 0.25) is 0 Å². The fourth-order valence-corrected chi connectivity index (χ4v) is 3.53. The van der Waals surface area contributed by atoms with E-state index in [0.29, 0.717) is 12.0 Å². The molecule has 2 unspecified atom stereocenters. The third-order valence-corrected chi connectivity index (χ3v) is 4.49. The fraction of sp³-hybridized carbons (Fsp3) is 0.571. The van der Waals surface area contributed by atoms with E-state index < -0.39 is 0 Å². The summed E-state index contributed by atoms with van der Waals surface area (Å²) in [6, 6.07) is 9.48. The molecule has 1 N–H and O–H groups in total. The van der Waals surface area contributed by atoms with Crippen molar-refractivity contribution in [2.24, 2.45) is 0 Å². The van der Waals surface area contributed by atoms with Crippen molar-refractivity contribution in [3.05, 3.63) is 29.8 Å². The molecule has 1 heterocycles. The first-order valence-corrected chi connectivity index (χ1v) is 7.25. The molecule has 0 radical (unpaired) electrons. The lowest BCUT2D eigenvalue weighted by molar-refractivity contribution is 0.490. The van der Waals surface area contributed by atoms with Crippen LogP contribution in [0.5, 0.6) is 0 Å². The van der Waals surface area contributed by atoms with Gasteiger partial charge in [-0.25, -0.2) is 0 Å². The van der Waals surface area contributed by atoms with Gasteiger partial charge in [-0.1, -0.05) is 31.5 Å². The van der Waals surface area contributed by atoms with Crippen LogP contribution in [0.1, 0.15) is 38.2 Å². The van der Waals surface area contributed by atoms with Gasteiger partial charge in [0.05, 0.1) is 0 Å².